The Morgan fingerprint density at radius 1 is 0.946 bits per heavy atom. The van der Waals surface area contributed by atoms with E-state index in [4.69, 9.17) is 38.4 Å². The van der Waals surface area contributed by atoms with Crippen LogP contribution in [0.4, 0.5) is 8.78 Å². The van der Waals surface area contributed by atoms with E-state index in [2.05, 4.69) is 0 Å². The average Bonchev–Trinajstić information content (AvgIpc) is 2.82. The van der Waals surface area contributed by atoms with E-state index < -0.39 is 31.9 Å². The maximum absolute atomic E-state index is 14.0. The van der Waals surface area contributed by atoms with Crippen LogP contribution in [0.5, 0.6) is 0 Å². The molecule has 0 saturated carbocycles. The molecule has 7 nitrogen and oxygen atoms in total. The summed E-state index contributed by atoms with van der Waals surface area (Å²) in [7, 11) is -1.81. The Morgan fingerprint density at radius 3 is 2.03 bits per heavy atom. The zero-order valence-electron chi connectivity index (χ0n) is 19.7. The lowest BCUT2D eigenvalue weighted by atomic mass is 9.71. The molecule has 5 N–H and O–H groups in total. The SMILES string of the molecule is CB(O)CN(Cc1ccc(-c2cc(Cl)ccc2F)cc1)C[C@@H](O)C(=O)O.OB(O)c1cc(Cl)ccc1F. The second kappa shape index (κ2) is 14.4. The molecule has 0 saturated heterocycles. The van der Waals surface area contributed by atoms with Crippen molar-refractivity contribution < 1.29 is 38.9 Å². The van der Waals surface area contributed by atoms with Gasteiger partial charge in [0.25, 0.3) is 6.92 Å². The van der Waals surface area contributed by atoms with E-state index >= 15 is 0 Å². The van der Waals surface area contributed by atoms with Crippen molar-refractivity contribution in [1.29, 1.82) is 0 Å². The zero-order chi connectivity index (χ0) is 27.7. The highest BCUT2D eigenvalue weighted by Gasteiger charge is 2.20. The van der Waals surface area contributed by atoms with Gasteiger partial charge in [-0.25, -0.2) is 13.6 Å². The van der Waals surface area contributed by atoms with Gasteiger partial charge in [0.05, 0.1) is 0 Å². The van der Waals surface area contributed by atoms with Gasteiger partial charge in [0.15, 0.2) is 6.10 Å². The molecule has 0 aliphatic rings. The first-order valence-electron chi connectivity index (χ1n) is 11.0. The monoisotopic (exact) mass is 553 g/mol. The Hall–Kier alpha value is -2.50. The van der Waals surface area contributed by atoms with Gasteiger partial charge in [-0.15, -0.1) is 0 Å². The van der Waals surface area contributed by atoms with Crippen molar-refractivity contribution in [3.8, 4) is 11.1 Å². The molecule has 0 radical (unpaired) electrons. The van der Waals surface area contributed by atoms with E-state index in [0.717, 1.165) is 11.6 Å². The number of aliphatic hydroxyl groups is 1. The molecular weight excluding hydrogens is 529 g/mol. The molecule has 13 heteroatoms. The van der Waals surface area contributed by atoms with E-state index in [-0.39, 0.29) is 29.3 Å². The number of aliphatic carboxylic acids is 1. The molecule has 0 bridgehead atoms. The Bertz CT molecular complexity index is 1190. The van der Waals surface area contributed by atoms with Crippen molar-refractivity contribution >= 4 is 48.7 Å². The molecule has 0 aliphatic carbocycles. The predicted octanol–water partition coefficient (Wildman–Crippen LogP) is 2.71. The molecule has 0 heterocycles. The predicted molar refractivity (Wildman–Crippen MR) is 141 cm³/mol. The largest absolute Gasteiger partial charge is 0.491 e. The molecule has 0 fully saturated rings. The molecule has 0 aromatic heterocycles. The first kappa shape index (κ1) is 30.7. The molecule has 37 heavy (non-hydrogen) atoms. The third-order valence-corrected chi connectivity index (χ3v) is 5.54. The number of nitrogens with zero attached hydrogens (tertiary/aromatic N) is 1. The summed E-state index contributed by atoms with van der Waals surface area (Å²) in [5.41, 5.74) is 1.69. The molecule has 3 aromatic carbocycles. The fourth-order valence-electron chi connectivity index (χ4n) is 3.38. The molecule has 0 spiro atoms. The zero-order valence-corrected chi connectivity index (χ0v) is 21.2. The van der Waals surface area contributed by atoms with Gasteiger partial charge in [-0.1, -0.05) is 54.3 Å². The molecule has 196 valence electrons. The van der Waals surface area contributed by atoms with Crippen molar-refractivity contribution in [3.63, 3.8) is 0 Å². The third-order valence-electron chi connectivity index (χ3n) is 5.07. The quantitative estimate of drug-likeness (QED) is 0.258. The number of benzene rings is 3. The number of hydrogen-bond donors (Lipinski definition) is 5. The summed E-state index contributed by atoms with van der Waals surface area (Å²) >= 11 is 11.4. The fourth-order valence-corrected chi connectivity index (χ4v) is 3.73. The van der Waals surface area contributed by atoms with Gasteiger partial charge in [0.1, 0.15) is 11.6 Å². The maximum Gasteiger partial charge on any atom is 0.491 e. The van der Waals surface area contributed by atoms with Crippen molar-refractivity contribution in [3.05, 3.63) is 87.9 Å². The summed E-state index contributed by atoms with van der Waals surface area (Å²) in [6.07, 6.45) is -1.32. The van der Waals surface area contributed by atoms with E-state index in [1.54, 1.807) is 42.1 Å². The first-order valence-corrected chi connectivity index (χ1v) is 11.8. The van der Waals surface area contributed by atoms with Crippen LogP contribution in [0.3, 0.4) is 0 Å². The highest BCUT2D eigenvalue weighted by Crippen LogP contribution is 2.26. The fraction of sp³-hybridized carbons (Fsp3) is 0.208. The maximum atomic E-state index is 14.0. The Balaban J connectivity index is 0.000000364. The minimum absolute atomic E-state index is 0.106. The number of aliphatic hydroxyl groups excluding tert-OH is 1. The van der Waals surface area contributed by atoms with Crippen LogP contribution in [0.1, 0.15) is 5.56 Å². The molecule has 0 unspecified atom stereocenters. The van der Waals surface area contributed by atoms with E-state index in [1.807, 2.05) is 0 Å². The van der Waals surface area contributed by atoms with Gasteiger partial charge in [-0.2, -0.15) is 0 Å². The highest BCUT2D eigenvalue weighted by atomic mass is 35.5. The van der Waals surface area contributed by atoms with Gasteiger partial charge in [-0.3, -0.25) is 0 Å². The molecular formula is C24H25B2Cl2F2NO6. The Labute approximate surface area is 223 Å². The van der Waals surface area contributed by atoms with Gasteiger partial charge in [-0.05, 0) is 47.5 Å². The van der Waals surface area contributed by atoms with Crippen LogP contribution in [0.2, 0.25) is 16.9 Å². The molecule has 0 amide bonds. The lowest BCUT2D eigenvalue weighted by molar-refractivity contribution is -0.147. The van der Waals surface area contributed by atoms with Crippen LogP contribution in [0.15, 0.2) is 60.7 Å². The van der Waals surface area contributed by atoms with E-state index in [0.29, 0.717) is 22.7 Å². The Morgan fingerprint density at radius 2 is 1.51 bits per heavy atom. The number of halogens is 4. The lowest BCUT2D eigenvalue weighted by Crippen LogP contribution is -2.41. The smallest absolute Gasteiger partial charge is 0.479 e. The summed E-state index contributed by atoms with van der Waals surface area (Å²) in [6.45, 7) is 1.15. The van der Waals surface area contributed by atoms with Crippen molar-refractivity contribution in [1.82, 2.24) is 4.90 Å². The van der Waals surface area contributed by atoms with Gasteiger partial charge < -0.3 is 30.2 Å². The van der Waals surface area contributed by atoms with Crippen LogP contribution in [0, 0.1) is 11.6 Å². The van der Waals surface area contributed by atoms with Crippen LogP contribution in [-0.2, 0) is 11.3 Å². The van der Waals surface area contributed by atoms with Crippen LogP contribution in [-0.4, -0.2) is 69.3 Å². The molecule has 3 aromatic rings. The first-order chi connectivity index (χ1) is 17.4. The van der Waals surface area contributed by atoms with Crippen molar-refractivity contribution in [2.45, 2.75) is 19.5 Å². The lowest BCUT2D eigenvalue weighted by Gasteiger charge is -2.24. The number of hydrogen-bond acceptors (Lipinski definition) is 6. The Kier molecular flexibility index (Phi) is 12.0. The highest BCUT2D eigenvalue weighted by molar-refractivity contribution is 6.59. The normalized spacial score (nSPS) is 11.5. The summed E-state index contributed by atoms with van der Waals surface area (Å²) in [4.78, 5) is 12.5. The minimum atomic E-state index is -1.81. The average molecular weight is 554 g/mol. The van der Waals surface area contributed by atoms with Crippen LogP contribution >= 0.6 is 23.2 Å². The molecule has 3 rings (SSSR count). The van der Waals surface area contributed by atoms with Crippen molar-refractivity contribution in [2.24, 2.45) is 0 Å². The minimum Gasteiger partial charge on any atom is -0.479 e. The standard InChI is InChI=1S/C18H20BClFNO4.C6H5BClFO2/c1-19(26)11-22(10-17(23)18(24)25)9-12-2-4-13(5-3-12)15-8-14(20)6-7-16(15)21;8-4-1-2-6(9)5(3-4)7(10)11/h2-8,17,23,26H,9-11H2,1H3,(H,24,25);1-3,10-11H/t17-;/m1./s1. The van der Waals surface area contributed by atoms with Gasteiger partial charge in [0, 0.05) is 40.6 Å². The second-order valence-corrected chi connectivity index (χ2v) is 9.13. The summed E-state index contributed by atoms with van der Waals surface area (Å²) in [5.74, 6) is -2.36. The number of carboxylic acids is 1. The third kappa shape index (κ3) is 10.1. The number of rotatable bonds is 9. The van der Waals surface area contributed by atoms with E-state index in [1.165, 1.54) is 24.3 Å². The summed E-state index contributed by atoms with van der Waals surface area (Å²) in [5, 5.41) is 45.9. The van der Waals surface area contributed by atoms with Gasteiger partial charge >= 0.3 is 13.1 Å². The summed E-state index contributed by atoms with van der Waals surface area (Å²) in [6, 6.07) is 15.0. The number of carboxylic acid groups (broad SMARTS) is 1. The van der Waals surface area contributed by atoms with Crippen molar-refractivity contribution in [2.75, 3.05) is 13.0 Å². The number of carbonyl (C=O) groups is 1. The topological polar surface area (TPSA) is 121 Å². The van der Waals surface area contributed by atoms with Crippen LogP contribution in [0.25, 0.3) is 11.1 Å². The molecule has 0 aliphatic heterocycles. The van der Waals surface area contributed by atoms with Gasteiger partial charge in [0.2, 0.25) is 0 Å². The van der Waals surface area contributed by atoms with Crippen LogP contribution < -0.4 is 5.46 Å². The summed E-state index contributed by atoms with van der Waals surface area (Å²) < 4.78 is 26.6. The molecule has 1 atom stereocenters. The van der Waals surface area contributed by atoms with E-state index in [9.17, 15) is 23.7 Å². The second-order valence-electron chi connectivity index (χ2n) is 8.26.